The summed E-state index contributed by atoms with van der Waals surface area (Å²) >= 11 is 0. The van der Waals surface area contributed by atoms with Crippen LogP contribution in [0.1, 0.15) is 19.8 Å². The highest BCUT2D eigenvalue weighted by Gasteiger charge is 2.38. The van der Waals surface area contributed by atoms with Crippen LogP contribution >= 0.6 is 0 Å². The Morgan fingerprint density at radius 2 is 1.94 bits per heavy atom. The van der Waals surface area contributed by atoms with Crippen LogP contribution in [0, 0.1) is 0 Å². The monoisotopic (exact) mass is 257 g/mol. The maximum atomic E-state index is 11.8. The van der Waals surface area contributed by atoms with Crippen molar-refractivity contribution in [2.24, 2.45) is 0 Å². The predicted molar refractivity (Wildman–Crippen MR) is 50.9 cm³/mol. The second-order valence-corrected chi connectivity index (χ2v) is 3.17. The van der Waals surface area contributed by atoms with E-state index in [0.29, 0.717) is 0 Å². The highest BCUT2D eigenvalue weighted by atomic mass is 19.4. The number of ether oxygens (including phenoxy) is 1. The van der Waals surface area contributed by atoms with E-state index in [4.69, 9.17) is 5.11 Å². The number of aliphatic hydroxyl groups is 1. The summed E-state index contributed by atoms with van der Waals surface area (Å²) in [6, 6.07) is 0. The van der Waals surface area contributed by atoms with Crippen molar-refractivity contribution in [3.05, 3.63) is 0 Å². The quantitative estimate of drug-likeness (QED) is 0.674. The largest absolute Gasteiger partial charge is 0.466 e. The summed E-state index contributed by atoms with van der Waals surface area (Å²) in [6.45, 7) is 0.843. The first kappa shape index (κ1) is 15.7. The molecule has 0 aliphatic carbocycles. The molecule has 5 nitrogen and oxygen atoms in total. The van der Waals surface area contributed by atoms with E-state index in [0.717, 1.165) is 0 Å². The van der Waals surface area contributed by atoms with Crippen LogP contribution < -0.4 is 5.32 Å². The Kier molecular flexibility index (Phi) is 6.55. The zero-order valence-electron chi connectivity index (χ0n) is 9.21. The van der Waals surface area contributed by atoms with Gasteiger partial charge in [-0.3, -0.25) is 9.59 Å². The van der Waals surface area contributed by atoms with E-state index in [9.17, 15) is 22.8 Å². The first-order chi connectivity index (χ1) is 7.77. The Labute approximate surface area is 95.9 Å². The van der Waals surface area contributed by atoms with Gasteiger partial charge in [0.15, 0.2) is 6.10 Å². The van der Waals surface area contributed by atoms with Crippen molar-refractivity contribution in [3.63, 3.8) is 0 Å². The minimum Gasteiger partial charge on any atom is -0.466 e. The predicted octanol–water partition coefficient (Wildman–Crippen LogP) is 0.369. The maximum absolute atomic E-state index is 11.8. The van der Waals surface area contributed by atoms with Gasteiger partial charge in [-0.25, -0.2) is 0 Å². The SMILES string of the molecule is CCOC(=O)CCC(=O)NCC(O)C(F)(F)F. The molecule has 0 aromatic carbocycles. The van der Waals surface area contributed by atoms with E-state index in [1.807, 2.05) is 5.32 Å². The molecule has 1 atom stereocenters. The number of carbonyl (C=O) groups excluding carboxylic acids is 2. The second kappa shape index (κ2) is 7.10. The third-order valence-electron chi connectivity index (χ3n) is 1.73. The molecule has 0 heterocycles. The number of alkyl halides is 3. The van der Waals surface area contributed by atoms with Crippen molar-refractivity contribution in [3.8, 4) is 0 Å². The van der Waals surface area contributed by atoms with Gasteiger partial charge in [-0.15, -0.1) is 0 Å². The van der Waals surface area contributed by atoms with Crippen LogP contribution in [0.15, 0.2) is 0 Å². The fourth-order valence-corrected chi connectivity index (χ4v) is 0.863. The number of hydrogen-bond donors (Lipinski definition) is 2. The molecule has 0 radical (unpaired) electrons. The van der Waals surface area contributed by atoms with E-state index < -0.39 is 30.7 Å². The molecule has 0 saturated carbocycles. The minimum absolute atomic E-state index is 0.174. The molecule has 0 saturated heterocycles. The van der Waals surface area contributed by atoms with E-state index in [1.54, 1.807) is 6.92 Å². The molecule has 0 rings (SSSR count). The maximum Gasteiger partial charge on any atom is 0.416 e. The molecule has 0 aromatic heterocycles. The smallest absolute Gasteiger partial charge is 0.416 e. The summed E-state index contributed by atoms with van der Waals surface area (Å²) < 4.78 is 40.0. The summed E-state index contributed by atoms with van der Waals surface area (Å²) in [4.78, 5) is 21.8. The fourth-order valence-electron chi connectivity index (χ4n) is 0.863. The van der Waals surface area contributed by atoms with E-state index in [2.05, 4.69) is 4.74 Å². The summed E-state index contributed by atoms with van der Waals surface area (Å²) in [5.74, 6) is -1.35. The molecule has 0 spiro atoms. The van der Waals surface area contributed by atoms with Crippen LogP contribution in [0.25, 0.3) is 0 Å². The first-order valence-electron chi connectivity index (χ1n) is 4.94. The van der Waals surface area contributed by atoms with Crippen LogP contribution in [0.5, 0.6) is 0 Å². The molecule has 0 aromatic rings. The Morgan fingerprint density at radius 1 is 1.35 bits per heavy atom. The van der Waals surface area contributed by atoms with Gasteiger partial charge in [0, 0.05) is 6.42 Å². The summed E-state index contributed by atoms with van der Waals surface area (Å²) in [5, 5.41) is 10.4. The first-order valence-corrected chi connectivity index (χ1v) is 4.94. The molecule has 1 unspecified atom stereocenters. The van der Waals surface area contributed by atoms with Crippen LogP contribution in [0.3, 0.4) is 0 Å². The normalized spacial score (nSPS) is 13.0. The molecular weight excluding hydrogens is 243 g/mol. The lowest BCUT2D eigenvalue weighted by Crippen LogP contribution is -2.40. The number of hydrogen-bond acceptors (Lipinski definition) is 4. The third kappa shape index (κ3) is 7.56. The van der Waals surface area contributed by atoms with Crippen molar-refractivity contribution in [2.45, 2.75) is 32.0 Å². The van der Waals surface area contributed by atoms with Crippen molar-refractivity contribution >= 4 is 11.9 Å². The van der Waals surface area contributed by atoms with E-state index >= 15 is 0 Å². The molecule has 0 aliphatic heterocycles. The lowest BCUT2D eigenvalue weighted by molar-refractivity contribution is -0.201. The van der Waals surface area contributed by atoms with Crippen LogP contribution in [0.2, 0.25) is 0 Å². The molecular formula is C9H14F3NO4. The number of aliphatic hydroxyl groups excluding tert-OH is 1. The molecule has 0 aliphatic rings. The number of halogens is 3. The Hall–Kier alpha value is -1.31. The van der Waals surface area contributed by atoms with Gasteiger partial charge in [-0.1, -0.05) is 0 Å². The Morgan fingerprint density at radius 3 is 2.41 bits per heavy atom. The van der Waals surface area contributed by atoms with Gasteiger partial charge in [0.1, 0.15) is 0 Å². The molecule has 17 heavy (non-hydrogen) atoms. The average molecular weight is 257 g/mol. The van der Waals surface area contributed by atoms with Gasteiger partial charge in [0.2, 0.25) is 5.91 Å². The van der Waals surface area contributed by atoms with Crippen molar-refractivity contribution in [1.82, 2.24) is 5.32 Å². The Bertz CT molecular complexity index is 267. The summed E-state index contributed by atoms with van der Waals surface area (Å²) in [7, 11) is 0. The van der Waals surface area contributed by atoms with Crippen LogP contribution in [0.4, 0.5) is 13.2 Å². The standard InChI is InChI=1S/C9H14F3NO4/c1-2-17-8(16)4-3-7(15)13-5-6(14)9(10,11)12/h6,14H,2-5H2,1H3,(H,13,15). The van der Waals surface area contributed by atoms with Gasteiger partial charge in [-0.05, 0) is 6.92 Å². The third-order valence-corrected chi connectivity index (χ3v) is 1.73. The minimum atomic E-state index is -4.77. The lowest BCUT2D eigenvalue weighted by Gasteiger charge is -2.14. The Balaban J connectivity index is 3.77. The molecule has 8 heteroatoms. The molecule has 100 valence electrons. The topological polar surface area (TPSA) is 75.6 Å². The van der Waals surface area contributed by atoms with E-state index in [1.165, 1.54) is 0 Å². The van der Waals surface area contributed by atoms with Gasteiger partial charge < -0.3 is 15.2 Å². The number of esters is 1. The van der Waals surface area contributed by atoms with Crippen LogP contribution in [-0.2, 0) is 14.3 Å². The zero-order chi connectivity index (χ0) is 13.5. The summed E-state index contributed by atoms with van der Waals surface area (Å²) in [5.41, 5.74) is 0. The fraction of sp³-hybridized carbons (Fsp3) is 0.778. The highest BCUT2D eigenvalue weighted by molar-refractivity contribution is 5.81. The second-order valence-electron chi connectivity index (χ2n) is 3.17. The molecule has 2 N–H and O–H groups in total. The molecule has 1 amide bonds. The number of carbonyl (C=O) groups is 2. The van der Waals surface area contributed by atoms with Gasteiger partial charge in [-0.2, -0.15) is 13.2 Å². The lowest BCUT2D eigenvalue weighted by atomic mass is 10.3. The molecule has 0 fully saturated rings. The van der Waals surface area contributed by atoms with Gasteiger partial charge in [0.05, 0.1) is 19.6 Å². The summed E-state index contributed by atoms with van der Waals surface area (Å²) in [6.07, 6.45) is -7.85. The highest BCUT2D eigenvalue weighted by Crippen LogP contribution is 2.19. The zero-order valence-corrected chi connectivity index (χ0v) is 9.21. The van der Waals surface area contributed by atoms with Crippen molar-refractivity contribution in [2.75, 3.05) is 13.2 Å². The van der Waals surface area contributed by atoms with E-state index in [-0.39, 0.29) is 19.4 Å². The van der Waals surface area contributed by atoms with Gasteiger partial charge in [0.25, 0.3) is 0 Å². The number of nitrogens with one attached hydrogen (secondary N) is 1. The number of rotatable bonds is 6. The van der Waals surface area contributed by atoms with Gasteiger partial charge >= 0.3 is 12.1 Å². The van der Waals surface area contributed by atoms with Crippen molar-refractivity contribution in [1.29, 1.82) is 0 Å². The molecule has 0 bridgehead atoms. The van der Waals surface area contributed by atoms with Crippen LogP contribution in [-0.4, -0.2) is 42.4 Å². The van der Waals surface area contributed by atoms with Crippen molar-refractivity contribution < 1.29 is 32.6 Å². The average Bonchev–Trinajstić information content (AvgIpc) is 2.22. The number of amides is 1.